The number of aryl methyl sites for hydroxylation is 2. The standard InChI is InChI=1S/C18H15F3N4O4S2/c1-10-9-11(2)23-18(22-10)25-30(26,27)13-5-3-12(4-6-13)24-31(28,29)15-8-7-14(19)16(20)17(15)21/h3-9,24H,1-2H3,(H,22,23,25). The molecule has 0 unspecified atom stereocenters. The summed E-state index contributed by atoms with van der Waals surface area (Å²) in [6, 6.07) is 7.09. The van der Waals surface area contributed by atoms with Crippen molar-refractivity contribution in [2.75, 3.05) is 9.44 Å². The second-order valence-electron chi connectivity index (χ2n) is 6.38. The Hall–Kier alpha value is -3.19. The van der Waals surface area contributed by atoms with Crippen LogP contribution in [0.25, 0.3) is 0 Å². The molecular formula is C18H15F3N4O4S2. The number of aromatic nitrogens is 2. The number of hydrogen-bond acceptors (Lipinski definition) is 6. The highest BCUT2D eigenvalue weighted by molar-refractivity contribution is 7.93. The molecule has 0 atom stereocenters. The average Bonchev–Trinajstić information content (AvgIpc) is 2.65. The van der Waals surface area contributed by atoms with E-state index in [0.717, 1.165) is 24.3 Å². The van der Waals surface area contributed by atoms with Crippen molar-refractivity contribution in [3.8, 4) is 0 Å². The molecule has 0 aliphatic rings. The summed E-state index contributed by atoms with van der Waals surface area (Å²) in [5.74, 6) is -5.46. The largest absolute Gasteiger partial charge is 0.280 e. The lowest BCUT2D eigenvalue weighted by molar-refractivity contribution is 0.432. The Morgan fingerprint density at radius 3 is 1.90 bits per heavy atom. The molecule has 0 bridgehead atoms. The number of sulfonamides is 2. The molecule has 31 heavy (non-hydrogen) atoms. The third-order valence-corrected chi connectivity index (χ3v) is 6.66. The van der Waals surface area contributed by atoms with E-state index in [0.29, 0.717) is 23.5 Å². The van der Waals surface area contributed by atoms with Crippen LogP contribution >= 0.6 is 0 Å². The van der Waals surface area contributed by atoms with Crippen molar-refractivity contribution in [2.45, 2.75) is 23.6 Å². The van der Waals surface area contributed by atoms with E-state index in [9.17, 15) is 30.0 Å². The van der Waals surface area contributed by atoms with E-state index in [2.05, 4.69) is 14.7 Å². The van der Waals surface area contributed by atoms with Crippen molar-refractivity contribution < 1.29 is 30.0 Å². The van der Waals surface area contributed by atoms with E-state index in [-0.39, 0.29) is 16.5 Å². The molecule has 0 amide bonds. The fourth-order valence-corrected chi connectivity index (χ4v) is 4.65. The maximum Gasteiger partial charge on any atom is 0.264 e. The number of rotatable bonds is 6. The molecule has 0 radical (unpaired) electrons. The lowest BCUT2D eigenvalue weighted by Crippen LogP contribution is -2.17. The first kappa shape index (κ1) is 22.5. The first-order valence-corrected chi connectivity index (χ1v) is 11.5. The Kier molecular flexibility index (Phi) is 5.91. The summed E-state index contributed by atoms with van der Waals surface area (Å²) < 4.78 is 93.9. The zero-order valence-corrected chi connectivity index (χ0v) is 17.7. The zero-order valence-electron chi connectivity index (χ0n) is 16.0. The molecule has 1 heterocycles. The summed E-state index contributed by atoms with van der Waals surface area (Å²) in [6.07, 6.45) is 0. The Bertz CT molecular complexity index is 1340. The van der Waals surface area contributed by atoms with Crippen molar-refractivity contribution in [2.24, 2.45) is 0 Å². The summed E-state index contributed by atoms with van der Waals surface area (Å²) in [5.41, 5.74) is 0.976. The minimum absolute atomic E-state index is 0.129. The molecule has 0 spiro atoms. The van der Waals surface area contributed by atoms with E-state index in [1.807, 2.05) is 4.72 Å². The Balaban J connectivity index is 1.83. The van der Waals surface area contributed by atoms with Gasteiger partial charge in [0.05, 0.1) is 4.90 Å². The zero-order chi connectivity index (χ0) is 23.0. The van der Waals surface area contributed by atoms with Crippen molar-refractivity contribution >= 4 is 31.7 Å². The number of nitrogens with zero attached hydrogens (tertiary/aromatic N) is 2. The van der Waals surface area contributed by atoms with E-state index in [4.69, 9.17) is 0 Å². The summed E-state index contributed by atoms with van der Waals surface area (Å²) >= 11 is 0. The normalized spacial score (nSPS) is 11.9. The van der Waals surface area contributed by atoms with Crippen LogP contribution < -0.4 is 9.44 Å². The van der Waals surface area contributed by atoms with Gasteiger partial charge >= 0.3 is 0 Å². The molecule has 3 aromatic rings. The van der Waals surface area contributed by atoms with E-state index in [1.165, 1.54) is 0 Å². The van der Waals surface area contributed by atoms with Gasteiger partial charge in [0, 0.05) is 17.1 Å². The number of benzene rings is 2. The third-order valence-electron chi connectivity index (χ3n) is 3.91. The van der Waals surface area contributed by atoms with Crippen LogP contribution in [0.5, 0.6) is 0 Å². The molecule has 2 aromatic carbocycles. The van der Waals surface area contributed by atoms with Gasteiger partial charge in [0.2, 0.25) is 5.95 Å². The monoisotopic (exact) mass is 472 g/mol. The molecule has 13 heteroatoms. The van der Waals surface area contributed by atoms with Gasteiger partial charge in [-0.3, -0.25) is 4.72 Å². The molecule has 2 N–H and O–H groups in total. The van der Waals surface area contributed by atoms with Gasteiger partial charge in [-0.1, -0.05) is 0 Å². The number of hydrogen-bond donors (Lipinski definition) is 2. The van der Waals surface area contributed by atoms with Crippen LogP contribution in [0.1, 0.15) is 11.4 Å². The maximum absolute atomic E-state index is 13.8. The minimum atomic E-state index is -4.61. The predicted octanol–water partition coefficient (Wildman–Crippen LogP) is 3.11. The minimum Gasteiger partial charge on any atom is -0.280 e. The van der Waals surface area contributed by atoms with Gasteiger partial charge in [0.1, 0.15) is 4.90 Å². The topological polar surface area (TPSA) is 118 Å². The first-order chi connectivity index (χ1) is 14.4. The van der Waals surface area contributed by atoms with Crippen LogP contribution in [0.15, 0.2) is 52.3 Å². The van der Waals surface area contributed by atoms with Crippen LogP contribution in [-0.4, -0.2) is 26.8 Å². The summed E-state index contributed by atoms with van der Waals surface area (Å²) in [5, 5.41) is 0. The summed E-state index contributed by atoms with van der Waals surface area (Å²) in [4.78, 5) is 6.63. The molecular weight excluding hydrogens is 457 g/mol. The van der Waals surface area contributed by atoms with Gasteiger partial charge in [-0.25, -0.2) is 44.7 Å². The van der Waals surface area contributed by atoms with Crippen molar-refractivity contribution in [3.05, 3.63) is 71.3 Å². The second-order valence-corrected chi connectivity index (χ2v) is 9.72. The third kappa shape index (κ3) is 4.94. The van der Waals surface area contributed by atoms with E-state index >= 15 is 0 Å². The summed E-state index contributed by atoms with van der Waals surface area (Å²) in [6.45, 7) is 3.34. The van der Waals surface area contributed by atoms with Gasteiger partial charge in [0.15, 0.2) is 17.5 Å². The quantitative estimate of drug-likeness (QED) is 0.533. The van der Waals surface area contributed by atoms with Crippen LogP contribution in [-0.2, 0) is 20.0 Å². The smallest absolute Gasteiger partial charge is 0.264 e. The van der Waals surface area contributed by atoms with Gasteiger partial charge in [0.25, 0.3) is 20.0 Å². The van der Waals surface area contributed by atoms with Crippen molar-refractivity contribution in [3.63, 3.8) is 0 Å². The first-order valence-electron chi connectivity index (χ1n) is 8.50. The lowest BCUT2D eigenvalue weighted by Gasteiger charge is -2.11. The Morgan fingerprint density at radius 1 is 0.742 bits per heavy atom. The van der Waals surface area contributed by atoms with Gasteiger partial charge in [-0.05, 0) is 56.3 Å². The summed E-state index contributed by atoms with van der Waals surface area (Å²) in [7, 11) is -8.69. The van der Waals surface area contributed by atoms with Crippen molar-refractivity contribution in [1.82, 2.24) is 9.97 Å². The molecule has 0 aliphatic heterocycles. The second kappa shape index (κ2) is 8.15. The highest BCUT2D eigenvalue weighted by Crippen LogP contribution is 2.23. The molecule has 3 rings (SSSR count). The van der Waals surface area contributed by atoms with Gasteiger partial charge in [-0.2, -0.15) is 0 Å². The van der Waals surface area contributed by atoms with Crippen LogP contribution in [0.2, 0.25) is 0 Å². The molecule has 8 nitrogen and oxygen atoms in total. The van der Waals surface area contributed by atoms with E-state index in [1.54, 1.807) is 19.9 Å². The predicted molar refractivity (Wildman–Crippen MR) is 106 cm³/mol. The highest BCUT2D eigenvalue weighted by atomic mass is 32.2. The fourth-order valence-electron chi connectivity index (χ4n) is 2.58. The fraction of sp³-hybridized carbons (Fsp3) is 0.111. The maximum atomic E-state index is 13.8. The molecule has 164 valence electrons. The number of halogens is 3. The SMILES string of the molecule is Cc1cc(C)nc(NS(=O)(=O)c2ccc(NS(=O)(=O)c3ccc(F)c(F)c3F)cc2)n1. The van der Waals surface area contributed by atoms with Crippen LogP contribution in [0, 0.1) is 31.3 Å². The van der Waals surface area contributed by atoms with E-state index < -0.39 is 42.4 Å². The molecule has 0 aliphatic carbocycles. The average molecular weight is 472 g/mol. The number of anilines is 2. The molecule has 0 fully saturated rings. The van der Waals surface area contributed by atoms with Crippen molar-refractivity contribution in [1.29, 1.82) is 0 Å². The van der Waals surface area contributed by atoms with Gasteiger partial charge in [-0.15, -0.1) is 0 Å². The molecule has 1 aromatic heterocycles. The Morgan fingerprint density at radius 2 is 1.32 bits per heavy atom. The molecule has 0 saturated carbocycles. The molecule has 0 saturated heterocycles. The lowest BCUT2D eigenvalue weighted by atomic mass is 10.3. The van der Waals surface area contributed by atoms with Crippen LogP contribution in [0.4, 0.5) is 24.8 Å². The highest BCUT2D eigenvalue weighted by Gasteiger charge is 2.24. The Labute approximate surface area is 176 Å². The van der Waals surface area contributed by atoms with Gasteiger partial charge < -0.3 is 0 Å². The van der Waals surface area contributed by atoms with Crippen LogP contribution in [0.3, 0.4) is 0 Å². The number of nitrogens with one attached hydrogen (secondary N) is 2.